The Bertz CT molecular complexity index is 743. The summed E-state index contributed by atoms with van der Waals surface area (Å²) in [5.41, 5.74) is -0.557. The van der Waals surface area contributed by atoms with Gasteiger partial charge in [0.2, 0.25) is 0 Å². The van der Waals surface area contributed by atoms with E-state index in [4.69, 9.17) is 9.47 Å². The van der Waals surface area contributed by atoms with Crippen LogP contribution in [0.4, 0.5) is 19.0 Å². The van der Waals surface area contributed by atoms with Gasteiger partial charge >= 0.3 is 6.18 Å². The Morgan fingerprint density at radius 1 is 1.31 bits per heavy atom. The zero-order valence-electron chi connectivity index (χ0n) is 14.4. The fraction of sp³-hybridized carbons (Fsp3) is 0.471. The van der Waals surface area contributed by atoms with Gasteiger partial charge in [-0.15, -0.1) is 0 Å². The van der Waals surface area contributed by atoms with Crippen molar-refractivity contribution in [3.8, 4) is 11.4 Å². The van der Waals surface area contributed by atoms with Crippen LogP contribution in [0.3, 0.4) is 0 Å². The van der Waals surface area contributed by atoms with Crippen LogP contribution in [0.5, 0.6) is 0 Å². The number of rotatable bonds is 4. The number of methoxy groups -OCH3 is 1. The molecule has 1 saturated heterocycles. The number of hydrogen-bond acceptors (Lipinski definition) is 6. The normalized spacial score (nSPS) is 21.0. The van der Waals surface area contributed by atoms with Gasteiger partial charge in [-0.3, -0.25) is 4.98 Å². The van der Waals surface area contributed by atoms with Crippen molar-refractivity contribution in [1.29, 1.82) is 0 Å². The Kier molecular flexibility index (Phi) is 5.38. The lowest BCUT2D eigenvalue weighted by molar-refractivity contribution is -0.141. The molecule has 0 N–H and O–H groups in total. The summed E-state index contributed by atoms with van der Waals surface area (Å²) in [6.07, 6.45) is -1.99. The van der Waals surface area contributed by atoms with E-state index < -0.39 is 11.9 Å². The fourth-order valence-electron chi connectivity index (χ4n) is 2.88. The van der Waals surface area contributed by atoms with Crippen molar-refractivity contribution in [1.82, 2.24) is 15.0 Å². The first kappa shape index (κ1) is 18.5. The molecule has 26 heavy (non-hydrogen) atoms. The number of nitrogens with zero attached hydrogens (tertiary/aromatic N) is 4. The maximum Gasteiger partial charge on any atom is 0.433 e. The molecule has 2 aromatic heterocycles. The van der Waals surface area contributed by atoms with Crippen molar-refractivity contribution in [2.75, 3.05) is 31.7 Å². The smallest absolute Gasteiger partial charge is 0.382 e. The van der Waals surface area contributed by atoms with Gasteiger partial charge in [0.05, 0.1) is 18.8 Å². The van der Waals surface area contributed by atoms with Crippen molar-refractivity contribution in [2.45, 2.75) is 25.3 Å². The quantitative estimate of drug-likeness (QED) is 0.827. The van der Waals surface area contributed by atoms with Gasteiger partial charge in [0, 0.05) is 44.2 Å². The first-order valence-electron chi connectivity index (χ1n) is 8.13. The van der Waals surface area contributed by atoms with Crippen LogP contribution in [0.15, 0.2) is 30.6 Å². The average Bonchev–Trinajstić information content (AvgIpc) is 2.61. The Morgan fingerprint density at radius 3 is 2.77 bits per heavy atom. The molecule has 3 heterocycles. The molecule has 3 rings (SSSR count). The summed E-state index contributed by atoms with van der Waals surface area (Å²) < 4.78 is 50.9. The SMILES string of the molecule is COCC1CN(c2cc(C(F)(F)F)nc(-c3cccnc3)n2)CC(C)O1. The number of aromatic nitrogens is 3. The molecule has 1 aliphatic rings. The van der Waals surface area contributed by atoms with E-state index in [1.54, 1.807) is 24.1 Å². The molecule has 6 nitrogen and oxygen atoms in total. The van der Waals surface area contributed by atoms with E-state index in [1.807, 2.05) is 6.92 Å². The lowest BCUT2D eigenvalue weighted by Crippen LogP contribution is -2.48. The predicted octanol–water partition coefficient (Wildman–Crippen LogP) is 2.80. The second kappa shape index (κ2) is 7.55. The minimum Gasteiger partial charge on any atom is -0.382 e. The summed E-state index contributed by atoms with van der Waals surface area (Å²) in [6.45, 7) is 3.04. The molecule has 0 spiro atoms. The van der Waals surface area contributed by atoms with Gasteiger partial charge in [-0.1, -0.05) is 0 Å². The second-order valence-corrected chi connectivity index (χ2v) is 6.10. The van der Waals surface area contributed by atoms with Crippen LogP contribution in [-0.2, 0) is 15.7 Å². The highest BCUT2D eigenvalue weighted by Gasteiger charge is 2.35. The predicted molar refractivity (Wildman–Crippen MR) is 88.7 cm³/mol. The number of pyridine rings is 1. The first-order valence-corrected chi connectivity index (χ1v) is 8.13. The molecule has 0 aliphatic carbocycles. The molecule has 2 unspecified atom stereocenters. The van der Waals surface area contributed by atoms with Gasteiger partial charge in [-0.25, -0.2) is 9.97 Å². The Balaban J connectivity index is 2.00. The highest BCUT2D eigenvalue weighted by molar-refractivity contribution is 5.57. The molecule has 140 valence electrons. The molecular weight excluding hydrogens is 349 g/mol. The third-order valence-corrected chi connectivity index (χ3v) is 3.93. The van der Waals surface area contributed by atoms with Crippen molar-refractivity contribution in [2.24, 2.45) is 0 Å². The monoisotopic (exact) mass is 368 g/mol. The average molecular weight is 368 g/mol. The van der Waals surface area contributed by atoms with E-state index in [-0.39, 0.29) is 23.9 Å². The van der Waals surface area contributed by atoms with Crippen molar-refractivity contribution < 1.29 is 22.6 Å². The first-order chi connectivity index (χ1) is 12.4. The van der Waals surface area contributed by atoms with Gasteiger partial charge in [-0.2, -0.15) is 13.2 Å². The van der Waals surface area contributed by atoms with Gasteiger partial charge in [0.15, 0.2) is 11.5 Å². The van der Waals surface area contributed by atoms with Gasteiger partial charge in [0.1, 0.15) is 5.82 Å². The van der Waals surface area contributed by atoms with E-state index in [2.05, 4.69) is 15.0 Å². The minimum atomic E-state index is -4.57. The van der Waals surface area contributed by atoms with E-state index >= 15 is 0 Å². The molecule has 0 radical (unpaired) electrons. The molecule has 0 bridgehead atoms. The molecule has 0 aromatic carbocycles. The lowest BCUT2D eigenvalue weighted by atomic mass is 10.2. The maximum atomic E-state index is 13.3. The van der Waals surface area contributed by atoms with Crippen molar-refractivity contribution in [3.05, 3.63) is 36.3 Å². The summed E-state index contributed by atoms with van der Waals surface area (Å²) in [5, 5.41) is 0. The molecule has 2 atom stereocenters. The lowest BCUT2D eigenvalue weighted by Gasteiger charge is -2.37. The highest BCUT2D eigenvalue weighted by atomic mass is 19.4. The van der Waals surface area contributed by atoms with Crippen LogP contribution in [0.2, 0.25) is 0 Å². The van der Waals surface area contributed by atoms with Gasteiger partial charge in [-0.05, 0) is 19.1 Å². The van der Waals surface area contributed by atoms with Crippen LogP contribution < -0.4 is 4.90 Å². The van der Waals surface area contributed by atoms with E-state index in [9.17, 15) is 13.2 Å². The van der Waals surface area contributed by atoms with E-state index in [0.29, 0.717) is 25.3 Å². The van der Waals surface area contributed by atoms with Crippen molar-refractivity contribution >= 4 is 5.82 Å². The summed E-state index contributed by atoms with van der Waals surface area (Å²) in [6, 6.07) is 4.23. The van der Waals surface area contributed by atoms with Crippen LogP contribution in [0.1, 0.15) is 12.6 Å². The molecule has 1 aliphatic heterocycles. The third kappa shape index (κ3) is 4.28. The number of halogens is 3. The summed E-state index contributed by atoms with van der Waals surface area (Å²) in [4.78, 5) is 13.7. The molecule has 0 amide bonds. The number of alkyl halides is 3. The second-order valence-electron chi connectivity index (χ2n) is 6.10. The molecular formula is C17H19F3N4O2. The molecule has 2 aromatic rings. The van der Waals surface area contributed by atoms with Crippen LogP contribution >= 0.6 is 0 Å². The zero-order valence-corrected chi connectivity index (χ0v) is 14.4. The molecule has 1 fully saturated rings. The Hall–Kier alpha value is -2.26. The number of anilines is 1. The fourth-order valence-corrected chi connectivity index (χ4v) is 2.88. The zero-order chi connectivity index (χ0) is 18.7. The van der Waals surface area contributed by atoms with Gasteiger partial charge < -0.3 is 14.4 Å². The third-order valence-electron chi connectivity index (χ3n) is 3.93. The van der Waals surface area contributed by atoms with E-state index in [1.165, 1.54) is 12.4 Å². The van der Waals surface area contributed by atoms with Crippen LogP contribution in [0, 0.1) is 0 Å². The minimum absolute atomic E-state index is 0.00892. The Labute approximate surface area is 149 Å². The topological polar surface area (TPSA) is 60.4 Å². The Morgan fingerprint density at radius 2 is 2.12 bits per heavy atom. The van der Waals surface area contributed by atoms with Gasteiger partial charge in [0.25, 0.3) is 0 Å². The maximum absolute atomic E-state index is 13.3. The van der Waals surface area contributed by atoms with Crippen LogP contribution in [0.25, 0.3) is 11.4 Å². The standard InChI is InChI=1S/C17H19F3N4O2/c1-11-8-24(9-13(26-11)10-25-2)15-6-14(17(18,19)20)22-16(23-15)12-4-3-5-21-7-12/h3-7,11,13H,8-10H2,1-2H3. The highest BCUT2D eigenvalue weighted by Crippen LogP contribution is 2.32. The number of morpholine rings is 1. The van der Waals surface area contributed by atoms with Crippen molar-refractivity contribution in [3.63, 3.8) is 0 Å². The number of ether oxygens (including phenoxy) is 2. The summed E-state index contributed by atoms with van der Waals surface area (Å²) >= 11 is 0. The summed E-state index contributed by atoms with van der Waals surface area (Å²) in [7, 11) is 1.56. The van der Waals surface area contributed by atoms with Crippen LogP contribution in [-0.4, -0.2) is 54.0 Å². The molecule has 9 heteroatoms. The molecule has 0 saturated carbocycles. The summed E-state index contributed by atoms with van der Waals surface area (Å²) in [5.74, 6) is 0.202. The largest absolute Gasteiger partial charge is 0.433 e. The van der Waals surface area contributed by atoms with E-state index in [0.717, 1.165) is 6.07 Å². The number of hydrogen-bond donors (Lipinski definition) is 0.